The maximum absolute atomic E-state index is 5.39. The van der Waals surface area contributed by atoms with Gasteiger partial charge in [0.15, 0.2) is 0 Å². The van der Waals surface area contributed by atoms with Crippen LogP contribution in [-0.4, -0.2) is 28.6 Å². The van der Waals surface area contributed by atoms with Crippen LogP contribution in [0.2, 0.25) is 0 Å². The van der Waals surface area contributed by atoms with Crippen molar-refractivity contribution in [3.05, 3.63) is 66.7 Å². The van der Waals surface area contributed by atoms with Crippen LogP contribution in [0.5, 0.6) is 5.75 Å². The molecule has 0 saturated heterocycles. The summed E-state index contributed by atoms with van der Waals surface area (Å²) in [5.74, 6) is 1.60. The number of methoxy groups -OCH3 is 1. The summed E-state index contributed by atoms with van der Waals surface area (Å²) in [5, 5.41) is 3.33. The Hall–Kier alpha value is -2.95. The van der Waals surface area contributed by atoms with Gasteiger partial charge in [-0.25, -0.2) is 9.97 Å². The number of aromatic nitrogens is 3. The van der Waals surface area contributed by atoms with Gasteiger partial charge in [0.05, 0.1) is 12.8 Å². The van der Waals surface area contributed by atoms with Gasteiger partial charge in [0.2, 0.25) is 0 Å². The van der Waals surface area contributed by atoms with Gasteiger partial charge < -0.3 is 10.1 Å². The molecule has 0 atom stereocenters. The summed E-state index contributed by atoms with van der Waals surface area (Å²) in [4.78, 5) is 12.6. The molecule has 0 aliphatic heterocycles. The molecule has 0 radical (unpaired) electrons. The van der Waals surface area contributed by atoms with Gasteiger partial charge in [0.1, 0.15) is 17.9 Å². The Balaban J connectivity index is 1.70. The molecule has 116 valence electrons. The molecule has 1 N–H and O–H groups in total. The minimum Gasteiger partial charge on any atom is -0.496 e. The van der Waals surface area contributed by atoms with Crippen LogP contribution in [0.4, 0.5) is 5.82 Å². The number of hydrogen-bond acceptors (Lipinski definition) is 5. The molecule has 0 unspecified atom stereocenters. The Labute approximate surface area is 135 Å². The number of nitrogens with one attached hydrogen (secondary N) is 1. The van der Waals surface area contributed by atoms with Crippen LogP contribution in [0.15, 0.2) is 61.2 Å². The highest BCUT2D eigenvalue weighted by molar-refractivity contribution is 5.68. The molecule has 5 heteroatoms. The van der Waals surface area contributed by atoms with E-state index in [0.29, 0.717) is 0 Å². The third kappa shape index (κ3) is 3.83. The van der Waals surface area contributed by atoms with Gasteiger partial charge in [-0.3, -0.25) is 4.98 Å². The van der Waals surface area contributed by atoms with Gasteiger partial charge in [0.25, 0.3) is 0 Å². The molecule has 23 heavy (non-hydrogen) atoms. The van der Waals surface area contributed by atoms with E-state index in [9.17, 15) is 0 Å². The summed E-state index contributed by atoms with van der Waals surface area (Å²) in [5.41, 5.74) is 3.03. The summed E-state index contributed by atoms with van der Waals surface area (Å²) in [7, 11) is 1.66. The smallest absolute Gasteiger partial charge is 0.129 e. The second-order valence-corrected chi connectivity index (χ2v) is 5.02. The summed E-state index contributed by atoms with van der Waals surface area (Å²) < 4.78 is 5.39. The minimum absolute atomic E-state index is 0.798. The van der Waals surface area contributed by atoms with E-state index in [0.717, 1.165) is 35.8 Å². The van der Waals surface area contributed by atoms with Crippen molar-refractivity contribution in [1.29, 1.82) is 0 Å². The van der Waals surface area contributed by atoms with Crippen LogP contribution in [-0.2, 0) is 6.42 Å². The number of ether oxygens (including phenoxy) is 1. The SMILES string of the molecule is COc1ccccc1-c1cc(NCCc2ccncc2)ncn1. The first-order valence-corrected chi connectivity index (χ1v) is 7.45. The van der Waals surface area contributed by atoms with Crippen LogP contribution in [0.1, 0.15) is 5.56 Å². The molecule has 0 aliphatic rings. The van der Waals surface area contributed by atoms with Gasteiger partial charge in [-0.2, -0.15) is 0 Å². The summed E-state index contributed by atoms with van der Waals surface area (Å²) in [6, 6.07) is 13.8. The van der Waals surface area contributed by atoms with Crippen LogP contribution >= 0.6 is 0 Å². The third-order valence-corrected chi connectivity index (χ3v) is 3.52. The first kappa shape index (κ1) is 15.0. The molecule has 2 heterocycles. The van der Waals surface area contributed by atoms with Gasteiger partial charge in [-0.1, -0.05) is 12.1 Å². The van der Waals surface area contributed by atoms with Crippen molar-refractivity contribution in [2.75, 3.05) is 19.0 Å². The average Bonchev–Trinajstić information content (AvgIpc) is 2.63. The zero-order valence-corrected chi connectivity index (χ0v) is 12.9. The van der Waals surface area contributed by atoms with E-state index in [1.807, 2.05) is 42.5 Å². The monoisotopic (exact) mass is 306 g/mol. The van der Waals surface area contributed by atoms with E-state index in [4.69, 9.17) is 4.74 Å². The Bertz CT molecular complexity index is 762. The fourth-order valence-corrected chi connectivity index (χ4v) is 2.34. The molecule has 3 aromatic rings. The van der Waals surface area contributed by atoms with E-state index < -0.39 is 0 Å². The van der Waals surface area contributed by atoms with Crippen molar-refractivity contribution in [2.24, 2.45) is 0 Å². The van der Waals surface area contributed by atoms with Crippen LogP contribution < -0.4 is 10.1 Å². The second-order valence-electron chi connectivity index (χ2n) is 5.02. The predicted molar refractivity (Wildman–Crippen MR) is 90.5 cm³/mol. The fraction of sp³-hybridized carbons (Fsp3) is 0.167. The van der Waals surface area contributed by atoms with Gasteiger partial charge in [0, 0.05) is 30.6 Å². The molecule has 0 fully saturated rings. The summed E-state index contributed by atoms with van der Waals surface area (Å²) in [6.07, 6.45) is 6.09. The molecule has 0 bridgehead atoms. The standard InChI is InChI=1S/C18H18N4O/c1-23-17-5-3-2-4-15(17)16-12-18(22-13-21-16)20-11-8-14-6-9-19-10-7-14/h2-7,9-10,12-13H,8,11H2,1H3,(H,20,21,22). The number of para-hydroxylation sites is 1. The minimum atomic E-state index is 0.798. The lowest BCUT2D eigenvalue weighted by Crippen LogP contribution is -2.06. The summed E-state index contributed by atoms with van der Waals surface area (Å²) in [6.45, 7) is 0.798. The van der Waals surface area contributed by atoms with Crippen LogP contribution in [0.3, 0.4) is 0 Å². The lowest BCUT2D eigenvalue weighted by Gasteiger charge is -2.09. The highest BCUT2D eigenvalue weighted by atomic mass is 16.5. The van der Waals surface area contributed by atoms with Crippen molar-refractivity contribution in [1.82, 2.24) is 15.0 Å². The Kier molecular flexibility index (Phi) is 4.79. The van der Waals surface area contributed by atoms with E-state index in [-0.39, 0.29) is 0 Å². The van der Waals surface area contributed by atoms with Crippen molar-refractivity contribution in [3.8, 4) is 17.0 Å². The van der Waals surface area contributed by atoms with Crippen LogP contribution in [0.25, 0.3) is 11.3 Å². The maximum Gasteiger partial charge on any atom is 0.129 e. The molecular weight excluding hydrogens is 288 g/mol. The zero-order chi connectivity index (χ0) is 15.9. The topological polar surface area (TPSA) is 59.9 Å². The number of nitrogens with zero attached hydrogens (tertiary/aromatic N) is 3. The number of rotatable bonds is 6. The zero-order valence-electron chi connectivity index (χ0n) is 12.9. The number of hydrogen-bond donors (Lipinski definition) is 1. The fourth-order valence-electron chi connectivity index (χ4n) is 2.34. The Morgan fingerprint density at radius 2 is 1.87 bits per heavy atom. The quantitative estimate of drug-likeness (QED) is 0.758. The second kappa shape index (κ2) is 7.35. The van der Waals surface area contributed by atoms with Crippen molar-refractivity contribution >= 4 is 5.82 Å². The largest absolute Gasteiger partial charge is 0.496 e. The average molecular weight is 306 g/mol. The van der Waals surface area contributed by atoms with Gasteiger partial charge in [-0.15, -0.1) is 0 Å². The van der Waals surface area contributed by atoms with Crippen molar-refractivity contribution in [3.63, 3.8) is 0 Å². The van der Waals surface area contributed by atoms with Crippen LogP contribution in [0, 0.1) is 0 Å². The first-order chi connectivity index (χ1) is 11.4. The summed E-state index contributed by atoms with van der Waals surface area (Å²) >= 11 is 0. The Morgan fingerprint density at radius 3 is 2.70 bits per heavy atom. The Morgan fingerprint density at radius 1 is 1.04 bits per heavy atom. The number of pyridine rings is 1. The van der Waals surface area contributed by atoms with Crippen molar-refractivity contribution < 1.29 is 4.74 Å². The van der Waals surface area contributed by atoms with Gasteiger partial charge >= 0.3 is 0 Å². The number of benzene rings is 1. The molecule has 0 aliphatic carbocycles. The highest BCUT2D eigenvalue weighted by Crippen LogP contribution is 2.28. The van der Waals surface area contributed by atoms with E-state index in [1.165, 1.54) is 5.56 Å². The molecule has 3 rings (SSSR count). The first-order valence-electron chi connectivity index (χ1n) is 7.45. The lowest BCUT2D eigenvalue weighted by molar-refractivity contribution is 0.416. The van der Waals surface area contributed by atoms with Gasteiger partial charge in [-0.05, 0) is 36.2 Å². The van der Waals surface area contributed by atoms with E-state index in [2.05, 4.69) is 20.3 Å². The third-order valence-electron chi connectivity index (χ3n) is 3.52. The van der Waals surface area contributed by atoms with Crippen molar-refractivity contribution in [2.45, 2.75) is 6.42 Å². The molecular formula is C18H18N4O. The number of anilines is 1. The highest BCUT2D eigenvalue weighted by Gasteiger charge is 2.07. The maximum atomic E-state index is 5.39. The van der Waals surface area contributed by atoms with E-state index in [1.54, 1.807) is 25.8 Å². The molecule has 5 nitrogen and oxygen atoms in total. The molecule has 0 spiro atoms. The molecule has 0 saturated carbocycles. The van der Waals surface area contributed by atoms with E-state index >= 15 is 0 Å². The molecule has 2 aromatic heterocycles. The molecule has 1 aromatic carbocycles. The normalized spacial score (nSPS) is 10.3. The lowest BCUT2D eigenvalue weighted by atomic mass is 10.1. The predicted octanol–water partition coefficient (Wildman–Crippen LogP) is 3.20. The molecule has 0 amide bonds.